The summed E-state index contributed by atoms with van der Waals surface area (Å²) in [5, 5.41) is 29.6. The molecule has 1 aromatic rings. The molecule has 0 bridgehead atoms. The Morgan fingerprint density at radius 1 is 1.27 bits per heavy atom. The molecular weight excluding hydrogens is 353 g/mol. The molecule has 3 rings (SSSR count). The van der Waals surface area contributed by atoms with E-state index in [9.17, 15) is 28.5 Å². The van der Waals surface area contributed by atoms with Crippen molar-refractivity contribution in [2.75, 3.05) is 6.61 Å². The second-order valence-corrected chi connectivity index (χ2v) is 6.70. The quantitative estimate of drug-likeness (QED) is 0.688. The first kappa shape index (κ1) is 19.2. The van der Waals surface area contributed by atoms with Crippen molar-refractivity contribution in [2.24, 2.45) is 11.8 Å². The second kappa shape index (κ2) is 7.56. The first-order valence-electron chi connectivity index (χ1n) is 8.42. The van der Waals surface area contributed by atoms with E-state index in [1.54, 1.807) is 6.08 Å². The SMILES string of the molecule is OC1C[C@@H]2[C@@H](/C=C/[C@H](O)COc3cccc(C(F)(F)F)c3)[C@H](O)C[C@@H]2O1. The third-order valence-electron chi connectivity index (χ3n) is 4.83. The molecule has 0 amide bonds. The highest BCUT2D eigenvalue weighted by molar-refractivity contribution is 5.30. The maximum Gasteiger partial charge on any atom is 0.416 e. The number of alkyl halides is 3. The number of benzene rings is 1. The van der Waals surface area contributed by atoms with Crippen LogP contribution in [-0.4, -0.2) is 46.5 Å². The van der Waals surface area contributed by atoms with Crippen LogP contribution in [0.4, 0.5) is 13.2 Å². The summed E-state index contributed by atoms with van der Waals surface area (Å²) < 4.78 is 48.5. The fraction of sp³-hybridized carbons (Fsp3) is 0.556. The van der Waals surface area contributed by atoms with Gasteiger partial charge in [0, 0.05) is 18.8 Å². The number of hydrogen-bond acceptors (Lipinski definition) is 5. The summed E-state index contributed by atoms with van der Waals surface area (Å²) in [6.45, 7) is -0.214. The van der Waals surface area contributed by atoms with Crippen LogP contribution in [0.25, 0.3) is 0 Å². The van der Waals surface area contributed by atoms with Crippen LogP contribution < -0.4 is 4.74 Å². The van der Waals surface area contributed by atoms with Crippen LogP contribution in [-0.2, 0) is 10.9 Å². The Balaban J connectivity index is 1.54. The molecule has 2 fully saturated rings. The molecule has 1 saturated carbocycles. The third kappa shape index (κ3) is 4.37. The zero-order valence-corrected chi connectivity index (χ0v) is 13.8. The average Bonchev–Trinajstić information content (AvgIpc) is 3.05. The highest BCUT2D eigenvalue weighted by atomic mass is 19.4. The Morgan fingerprint density at radius 3 is 2.77 bits per heavy atom. The van der Waals surface area contributed by atoms with Gasteiger partial charge in [-0.05, 0) is 24.1 Å². The molecule has 3 N–H and O–H groups in total. The van der Waals surface area contributed by atoms with Gasteiger partial charge in [0.2, 0.25) is 0 Å². The van der Waals surface area contributed by atoms with Crippen molar-refractivity contribution in [1.82, 2.24) is 0 Å². The molecule has 2 aliphatic rings. The van der Waals surface area contributed by atoms with Gasteiger partial charge in [-0.1, -0.05) is 18.2 Å². The standard InChI is InChI=1S/C18H21F3O5/c19-18(20,21)10-2-1-3-12(6-10)25-9-11(22)4-5-13-14-7-17(24)26-16(14)8-15(13)23/h1-6,11,13-17,22-24H,7-9H2/b5-4+/t11-,13+,14+,15+,16-,17?/m0/s1. The molecule has 1 aromatic carbocycles. The van der Waals surface area contributed by atoms with Gasteiger partial charge >= 0.3 is 6.18 Å². The highest BCUT2D eigenvalue weighted by Crippen LogP contribution is 2.43. The molecule has 1 aliphatic heterocycles. The molecule has 0 aromatic heterocycles. The maximum absolute atomic E-state index is 12.7. The monoisotopic (exact) mass is 374 g/mol. The summed E-state index contributed by atoms with van der Waals surface area (Å²) in [4.78, 5) is 0. The molecule has 1 heterocycles. The largest absolute Gasteiger partial charge is 0.491 e. The van der Waals surface area contributed by atoms with Crippen molar-refractivity contribution in [3.63, 3.8) is 0 Å². The van der Waals surface area contributed by atoms with Gasteiger partial charge in [-0.15, -0.1) is 0 Å². The van der Waals surface area contributed by atoms with Gasteiger partial charge in [0.25, 0.3) is 0 Å². The number of aliphatic hydroxyl groups is 3. The van der Waals surface area contributed by atoms with Gasteiger partial charge in [0.05, 0.1) is 17.8 Å². The molecule has 26 heavy (non-hydrogen) atoms. The molecule has 1 unspecified atom stereocenters. The molecule has 0 spiro atoms. The Bertz CT molecular complexity index is 648. The van der Waals surface area contributed by atoms with Crippen LogP contribution in [0.1, 0.15) is 18.4 Å². The summed E-state index contributed by atoms with van der Waals surface area (Å²) in [5.41, 5.74) is -0.819. The van der Waals surface area contributed by atoms with Gasteiger partial charge in [-0.3, -0.25) is 0 Å². The zero-order valence-electron chi connectivity index (χ0n) is 13.8. The Kier molecular flexibility index (Phi) is 5.57. The fourth-order valence-electron chi connectivity index (χ4n) is 3.59. The van der Waals surface area contributed by atoms with Crippen molar-refractivity contribution >= 4 is 0 Å². The van der Waals surface area contributed by atoms with Crippen LogP contribution in [0.5, 0.6) is 5.75 Å². The van der Waals surface area contributed by atoms with Gasteiger partial charge in [0.1, 0.15) is 18.5 Å². The van der Waals surface area contributed by atoms with Crippen LogP contribution in [0, 0.1) is 11.8 Å². The normalized spacial score (nSPS) is 32.8. The molecule has 5 nitrogen and oxygen atoms in total. The molecule has 144 valence electrons. The third-order valence-corrected chi connectivity index (χ3v) is 4.83. The summed E-state index contributed by atoms with van der Waals surface area (Å²) >= 11 is 0. The van der Waals surface area contributed by atoms with Crippen LogP contribution >= 0.6 is 0 Å². The van der Waals surface area contributed by atoms with E-state index < -0.39 is 30.2 Å². The van der Waals surface area contributed by atoms with E-state index in [-0.39, 0.29) is 30.3 Å². The first-order valence-corrected chi connectivity index (χ1v) is 8.42. The lowest BCUT2D eigenvalue weighted by molar-refractivity contribution is -0.137. The van der Waals surface area contributed by atoms with Gasteiger partial charge in [-0.2, -0.15) is 13.2 Å². The molecular formula is C18H21F3O5. The molecule has 1 aliphatic carbocycles. The second-order valence-electron chi connectivity index (χ2n) is 6.70. The van der Waals surface area contributed by atoms with Crippen LogP contribution in [0.3, 0.4) is 0 Å². The maximum atomic E-state index is 12.7. The van der Waals surface area contributed by atoms with Gasteiger partial charge < -0.3 is 24.8 Å². The predicted octanol–water partition coefficient (Wildman–Crippen LogP) is 2.11. The minimum Gasteiger partial charge on any atom is -0.491 e. The molecule has 1 saturated heterocycles. The topological polar surface area (TPSA) is 79.2 Å². The zero-order chi connectivity index (χ0) is 18.9. The predicted molar refractivity (Wildman–Crippen MR) is 85.2 cm³/mol. The Labute approximate surface area is 148 Å². The van der Waals surface area contributed by atoms with Gasteiger partial charge in [-0.25, -0.2) is 0 Å². The average molecular weight is 374 g/mol. The lowest BCUT2D eigenvalue weighted by Crippen LogP contribution is -2.20. The minimum atomic E-state index is -4.46. The van der Waals surface area contributed by atoms with Crippen molar-refractivity contribution in [2.45, 2.75) is 43.6 Å². The smallest absolute Gasteiger partial charge is 0.416 e. The van der Waals surface area contributed by atoms with E-state index in [0.29, 0.717) is 12.8 Å². The number of aliphatic hydroxyl groups excluding tert-OH is 3. The fourth-order valence-corrected chi connectivity index (χ4v) is 3.59. The van der Waals surface area contributed by atoms with Crippen molar-refractivity contribution < 1.29 is 38.0 Å². The number of fused-ring (bicyclic) bond motifs is 1. The summed E-state index contributed by atoms with van der Waals surface area (Å²) in [5.74, 6) is -0.256. The molecule has 8 heteroatoms. The van der Waals surface area contributed by atoms with Crippen LogP contribution in [0.2, 0.25) is 0 Å². The van der Waals surface area contributed by atoms with E-state index in [2.05, 4.69) is 0 Å². The van der Waals surface area contributed by atoms with E-state index >= 15 is 0 Å². The van der Waals surface area contributed by atoms with E-state index in [1.807, 2.05) is 0 Å². The minimum absolute atomic E-state index is 0.0144. The van der Waals surface area contributed by atoms with E-state index in [0.717, 1.165) is 12.1 Å². The lowest BCUT2D eigenvalue weighted by atomic mass is 9.91. The number of hydrogen-bond donors (Lipinski definition) is 3. The first-order chi connectivity index (χ1) is 12.2. The van der Waals surface area contributed by atoms with Crippen molar-refractivity contribution in [3.05, 3.63) is 42.0 Å². The van der Waals surface area contributed by atoms with Crippen molar-refractivity contribution in [3.8, 4) is 5.75 Å². The summed E-state index contributed by atoms with van der Waals surface area (Å²) in [6.07, 6.45) is -3.18. The highest BCUT2D eigenvalue weighted by Gasteiger charge is 2.47. The number of rotatable bonds is 5. The summed E-state index contributed by atoms with van der Waals surface area (Å²) in [7, 11) is 0. The number of halogens is 3. The Hall–Kier alpha value is -1.61. The lowest BCUT2D eigenvalue weighted by Gasteiger charge is -2.17. The molecule has 6 atom stereocenters. The van der Waals surface area contributed by atoms with Crippen molar-refractivity contribution in [1.29, 1.82) is 0 Å². The van der Waals surface area contributed by atoms with Crippen LogP contribution in [0.15, 0.2) is 36.4 Å². The molecule has 0 radical (unpaired) electrons. The van der Waals surface area contributed by atoms with E-state index in [1.165, 1.54) is 18.2 Å². The summed E-state index contributed by atoms with van der Waals surface area (Å²) in [6, 6.07) is 4.44. The number of ether oxygens (including phenoxy) is 2. The Morgan fingerprint density at radius 2 is 2.04 bits per heavy atom. The van der Waals surface area contributed by atoms with Gasteiger partial charge in [0.15, 0.2) is 6.29 Å². The van der Waals surface area contributed by atoms with E-state index in [4.69, 9.17) is 9.47 Å².